The molecule has 0 bridgehead atoms. The second-order valence-corrected chi connectivity index (χ2v) is 13.7. The third-order valence-electron chi connectivity index (χ3n) is 0.889. The summed E-state index contributed by atoms with van der Waals surface area (Å²) in [7, 11) is -3.33. The van der Waals surface area contributed by atoms with Crippen molar-refractivity contribution in [1.82, 2.24) is 0 Å². The zero-order valence-electron chi connectivity index (χ0n) is 6.68. The van der Waals surface area contributed by atoms with Crippen molar-refractivity contribution < 1.29 is 8.39 Å². The first kappa shape index (κ1) is 13.6. The van der Waals surface area contributed by atoms with Gasteiger partial charge in [0.2, 0.25) is 0 Å². The molecule has 0 spiro atoms. The minimum absolute atomic E-state index is 0.132. The summed E-state index contributed by atoms with van der Waals surface area (Å²) in [5.41, 5.74) is 0. The highest BCUT2D eigenvalue weighted by atomic mass is 35.9. The number of halogens is 4. The molecule has 0 aromatic heterocycles. The fourth-order valence-corrected chi connectivity index (χ4v) is 13.2. The van der Waals surface area contributed by atoms with Crippen molar-refractivity contribution in [1.29, 1.82) is 0 Å². The Bertz CT molecular complexity index is 448. The Balaban J connectivity index is 3.41. The molecular formula is C2H5Cl4N3O2P2S. The van der Waals surface area contributed by atoms with Gasteiger partial charge in [0.25, 0.3) is 22.0 Å². The third-order valence-corrected chi connectivity index (χ3v) is 11.0. The van der Waals surface area contributed by atoms with Crippen LogP contribution < -0.4 is 0 Å². The fraction of sp³-hybridized carbons (Fsp3) is 1.00. The van der Waals surface area contributed by atoms with Crippen LogP contribution in [-0.2, 0) is 14.4 Å². The molecule has 0 amide bonds. The van der Waals surface area contributed by atoms with Gasteiger partial charge >= 0.3 is 0 Å². The quantitative estimate of drug-likeness (QED) is 0.651. The summed E-state index contributed by atoms with van der Waals surface area (Å²) in [4.78, 5) is 0. The van der Waals surface area contributed by atoms with Crippen LogP contribution in [0, 0.1) is 0 Å². The van der Waals surface area contributed by atoms with E-state index in [2.05, 4.69) is 12.8 Å². The SMILES string of the molecule is CCOS1(=O)=NP(Cl)(Cl)=NP(Cl)(Cl)=N1. The zero-order chi connectivity index (χ0) is 11.0. The smallest absolute Gasteiger partial charge is 0.268 e. The first-order valence-corrected chi connectivity index (χ1v) is 11.6. The molecule has 1 heterocycles. The van der Waals surface area contributed by atoms with Gasteiger partial charge in [-0.05, 0) is 51.9 Å². The Labute approximate surface area is 101 Å². The molecule has 0 saturated heterocycles. The molecule has 1 atom stereocenters. The molecular weight excluding hydrogens is 334 g/mol. The van der Waals surface area contributed by atoms with Crippen LogP contribution in [0.5, 0.6) is 0 Å². The molecule has 0 aliphatic carbocycles. The maximum absolute atomic E-state index is 11.7. The molecule has 0 N–H and O–H groups in total. The van der Waals surface area contributed by atoms with Crippen molar-refractivity contribution >= 4 is 67.0 Å². The van der Waals surface area contributed by atoms with Crippen LogP contribution in [0.4, 0.5) is 0 Å². The van der Waals surface area contributed by atoms with E-state index in [4.69, 9.17) is 49.1 Å². The highest BCUT2D eigenvalue weighted by Gasteiger charge is 2.29. The van der Waals surface area contributed by atoms with Crippen molar-refractivity contribution in [3.05, 3.63) is 0 Å². The molecule has 0 fully saturated rings. The monoisotopic (exact) mass is 337 g/mol. The first-order chi connectivity index (χ1) is 6.18. The highest BCUT2D eigenvalue weighted by molar-refractivity contribution is 8.23. The van der Waals surface area contributed by atoms with Crippen molar-refractivity contribution in [3.63, 3.8) is 0 Å². The normalized spacial score (nSPS) is 33.8. The van der Waals surface area contributed by atoms with E-state index in [1.54, 1.807) is 6.92 Å². The molecule has 12 heteroatoms. The van der Waals surface area contributed by atoms with E-state index < -0.39 is 22.0 Å². The summed E-state index contributed by atoms with van der Waals surface area (Å²) < 4.78 is 27.2. The predicted octanol–water partition coefficient (Wildman–Crippen LogP) is 5.18. The third kappa shape index (κ3) is 3.84. The number of nitrogens with zero attached hydrogens (tertiary/aromatic N) is 3. The number of hydrogen-bond donors (Lipinski definition) is 0. The van der Waals surface area contributed by atoms with Gasteiger partial charge in [0.1, 0.15) is 0 Å². The zero-order valence-corrected chi connectivity index (χ0v) is 12.3. The summed E-state index contributed by atoms with van der Waals surface area (Å²) in [6, 6.07) is 0. The lowest BCUT2D eigenvalue weighted by atomic mass is 10.9. The molecule has 1 rings (SSSR count). The van der Waals surface area contributed by atoms with Gasteiger partial charge in [0, 0.05) is 0 Å². The molecule has 14 heavy (non-hydrogen) atoms. The average Bonchev–Trinajstić information content (AvgIpc) is 1.75. The van der Waals surface area contributed by atoms with E-state index in [1.807, 2.05) is 0 Å². The molecule has 1 aliphatic rings. The van der Waals surface area contributed by atoms with Gasteiger partial charge in [0.05, 0.1) is 6.61 Å². The molecule has 0 aromatic carbocycles. The van der Waals surface area contributed by atoms with Crippen molar-refractivity contribution in [2.24, 2.45) is 12.8 Å². The topological polar surface area (TPSA) is 63.4 Å². The summed E-state index contributed by atoms with van der Waals surface area (Å²) in [6.07, 6.45) is 0. The van der Waals surface area contributed by atoms with Crippen molar-refractivity contribution in [2.75, 3.05) is 6.61 Å². The van der Waals surface area contributed by atoms with Crippen LogP contribution in [-0.4, -0.2) is 10.8 Å². The van der Waals surface area contributed by atoms with E-state index in [0.717, 1.165) is 0 Å². The van der Waals surface area contributed by atoms with Crippen LogP contribution in [0.15, 0.2) is 12.8 Å². The van der Waals surface area contributed by atoms with Gasteiger partial charge in [0.15, 0.2) is 0 Å². The van der Waals surface area contributed by atoms with Crippen LogP contribution in [0.2, 0.25) is 0 Å². The van der Waals surface area contributed by atoms with Gasteiger partial charge < -0.3 is 0 Å². The van der Waals surface area contributed by atoms with E-state index in [-0.39, 0.29) is 6.61 Å². The van der Waals surface area contributed by atoms with Crippen molar-refractivity contribution in [3.8, 4) is 0 Å². The lowest BCUT2D eigenvalue weighted by Gasteiger charge is -2.15. The summed E-state index contributed by atoms with van der Waals surface area (Å²) >= 11 is 22.6. The van der Waals surface area contributed by atoms with Crippen LogP contribution in [0.3, 0.4) is 0 Å². The molecule has 0 aromatic rings. The van der Waals surface area contributed by atoms with E-state index >= 15 is 0 Å². The lowest BCUT2D eigenvalue weighted by Crippen LogP contribution is -2.01. The molecule has 1 aliphatic heterocycles. The summed E-state index contributed by atoms with van der Waals surface area (Å²) in [6.45, 7) is 1.75. The maximum atomic E-state index is 11.7. The Morgan fingerprint density at radius 3 is 2.29 bits per heavy atom. The predicted molar refractivity (Wildman–Crippen MR) is 64.3 cm³/mol. The van der Waals surface area contributed by atoms with Crippen molar-refractivity contribution in [2.45, 2.75) is 6.92 Å². The van der Waals surface area contributed by atoms with Gasteiger partial charge in [-0.3, -0.25) is 4.18 Å². The molecule has 5 nitrogen and oxygen atoms in total. The fourth-order valence-electron chi connectivity index (χ4n) is 0.627. The molecule has 0 radical (unpaired) electrons. The molecule has 84 valence electrons. The minimum atomic E-state index is -3.33. The summed E-state index contributed by atoms with van der Waals surface area (Å²) in [5, 5.41) is 0. The second kappa shape index (κ2) is 4.42. The maximum Gasteiger partial charge on any atom is 0.285 e. The number of hydrogen-bond acceptors (Lipinski definition) is 4. The molecule has 1 unspecified atom stereocenters. The Morgan fingerprint density at radius 2 is 1.86 bits per heavy atom. The van der Waals surface area contributed by atoms with Gasteiger partial charge in [-0.1, -0.05) is 0 Å². The lowest BCUT2D eigenvalue weighted by molar-refractivity contribution is 0.366. The van der Waals surface area contributed by atoms with Crippen LogP contribution in [0.1, 0.15) is 6.92 Å². The van der Waals surface area contributed by atoms with Gasteiger partial charge in [-0.15, -0.1) is 8.28 Å². The van der Waals surface area contributed by atoms with Crippen LogP contribution >= 0.6 is 56.8 Å². The van der Waals surface area contributed by atoms with Crippen LogP contribution in [0.25, 0.3) is 0 Å². The van der Waals surface area contributed by atoms with E-state index in [0.29, 0.717) is 0 Å². The number of rotatable bonds is 2. The first-order valence-electron chi connectivity index (χ1n) is 3.17. The highest BCUT2D eigenvalue weighted by Crippen LogP contribution is 2.78. The minimum Gasteiger partial charge on any atom is -0.268 e. The van der Waals surface area contributed by atoms with E-state index in [9.17, 15) is 4.21 Å². The second-order valence-electron chi connectivity index (χ2n) is 2.02. The Hall–Kier alpha value is 1.53. The Kier molecular flexibility index (Phi) is 4.29. The standard InChI is InChI=1S/C2H5Cl4N3O2P2S/c1-2-11-14(10)8-12(3,4)7-13(5,6)9-14/h2H2,1H3. The van der Waals surface area contributed by atoms with Gasteiger partial charge in [-0.2, -0.15) is 8.72 Å². The average molecular weight is 339 g/mol. The van der Waals surface area contributed by atoms with Gasteiger partial charge in [-0.25, -0.2) is 0 Å². The van der Waals surface area contributed by atoms with E-state index in [1.165, 1.54) is 0 Å². The summed E-state index contributed by atoms with van der Waals surface area (Å²) in [5.74, 6) is -6.25. The Morgan fingerprint density at radius 1 is 1.29 bits per heavy atom. The largest absolute Gasteiger partial charge is 0.285 e. The molecule has 0 saturated carbocycles.